The summed E-state index contributed by atoms with van der Waals surface area (Å²) in [4.78, 5) is 0. The molecular formula is C19H22BrN. The molecule has 0 saturated heterocycles. The molecule has 2 aromatic carbocycles. The lowest BCUT2D eigenvalue weighted by atomic mass is 9.89. The predicted octanol–water partition coefficient (Wildman–Crippen LogP) is 5.81. The van der Waals surface area contributed by atoms with E-state index in [0.29, 0.717) is 6.04 Å². The second-order valence-electron chi connectivity index (χ2n) is 6.04. The number of halogens is 1. The summed E-state index contributed by atoms with van der Waals surface area (Å²) in [6, 6.07) is 13.7. The summed E-state index contributed by atoms with van der Waals surface area (Å²) in [6.45, 7) is 4.36. The minimum absolute atomic E-state index is 0.315. The summed E-state index contributed by atoms with van der Waals surface area (Å²) in [7, 11) is 0. The van der Waals surface area contributed by atoms with E-state index in [-0.39, 0.29) is 0 Å². The number of rotatable bonds is 3. The van der Waals surface area contributed by atoms with Crippen LogP contribution in [-0.4, -0.2) is 0 Å². The Labute approximate surface area is 135 Å². The Morgan fingerprint density at radius 3 is 2.62 bits per heavy atom. The molecule has 1 unspecified atom stereocenters. The topological polar surface area (TPSA) is 12.0 Å². The summed E-state index contributed by atoms with van der Waals surface area (Å²) < 4.78 is 1.16. The first-order valence-electron chi connectivity index (χ1n) is 7.78. The van der Waals surface area contributed by atoms with Gasteiger partial charge in [0.25, 0.3) is 0 Å². The van der Waals surface area contributed by atoms with Crippen LogP contribution in [-0.2, 0) is 12.8 Å². The van der Waals surface area contributed by atoms with Crippen molar-refractivity contribution in [3.8, 4) is 0 Å². The summed E-state index contributed by atoms with van der Waals surface area (Å²) in [5.41, 5.74) is 6.91. The summed E-state index contributed by atoms with van der Waals surface area (Å²) >= 11 is 3.68. The van der Waals surface area contributed by atoms with E-state index in [0.717, 1.165) is 4.47 Å². The van der Waals surface area contributed by atoms with Gasteiger partial charge in [0.2, 0.25) is 0 Å². The van der Waals surface area contributed by atoms with Gasteiger partial charge in [-0.2, -0.15) is 0 Å². The predicted molar refractivity (Wildman–Crippen MR) is 94.0 cm³/mol. The molecule has 21 heavy (non-hydrogen) atoms. The second-order valence-corrected chi connectivity index (χ2v) is 6.83. The molecule has 0 aliphatic heterocycles. The second kappa shape index (κ2) is 6.23. The van der Waals surface area contributed by atoms with Gasteiger partial charge in [-0.15, -0.1) is 0 Å². The Morgan fingerprint density at radius 1 is 1.05 bits per heavy atom. The highest BCUT2D eigenvalue weighted by Gasteiger charge is 2.13. The standard InChI is InChI=1S/C19H22BrN/c1-13-6-5-9-18(19(13)20)21-14(2)16-11-10-15-7-3-4-8-17(15)12-16/h5-6,9-12,14,21H,3-4,7-8H2,1-2H3. The summed E-state index contributed by atoms with van der Waals surface area (Å²) in [6.07, 6.45) is 5.17. The third-order valence-electron chi connectivity index (χ3n) is 4.44. The lowest BCUT2D eigenvalue weighted by Crippen LogP contribution is -2.10. The van der Waals surface area contributed by atoms with Gasteiger partial charge in [-0.1, -0.05) is 30.3 Å². The van der Waals surface area contributed by atoms with Crippen LogP contribution in [0.1, 0.15) is 48.1 Å². The molecule has 1 aliphatic rings. The monoisotopic (exact) mass is 343 g/mol. The number of anilines is 1. The summed E-state index contributed by atoms with van der Waals surface area (Å²) in [5.74, 6) is 0. The molecule has 0 radical (unpaired) electrons. The fraction of sp³-hybridized carbons (Fsp3) is 0.368. The minimum atomic E-state index is 0.315. The molecule has 0 spiro atoms. The molecule has 0 aromatic heterocycles. The number of hydrogen-bond acceptors (Lipinski definition) is 1. The molecule has 3 rings (SSSR count). The smallest absolute Gasteiger partial charge is 0.0492 e. The fourth-order valence-corrected chi connectivity index (χ4v) is 3.48. The maximum absolute atomic E-state index is 3.68. The van der Waals surface area contributed by atoms with Crippen molar-refractivity contribution in [2.24, 2.45) is 0 Å². The number of aryl methyl sites for hydroxylation is 3. The van der Waals surface area contributed by atoms with Gasteiger partial charge in [-0.25, -0.2) is 0 Å². The van der Waals surface area contributed by atoms with E-state index < -0.39 is 0 Å². The molecule has 0 amide bonds. The highest BCUT2D eigenvalue weighted by atomic mass is 79.9. The van der Waals surface area contributed by atoms with Crippen molar-refractivity contribution in [1.29, 1.82) is 0 Å². The van der Waals surface area contributed by atoms with Crippen LogP contribution in [0.15, 0.2) is 40.9 Å². The zero-order valence-corrected chi connectivity index (χ0v) is 14.3. The van der Waals surface area contributed by atoms with E-state index in [1.807, 2.05) is 0 Å². The molecule has 110 valence electrons. The van der Waals surface area contributed by atoms with Crippen molar-refractivity contribution in [1.82, 2.24) is 0 Å². The summed E-state index contributed by atoms with van der Waals surface area (Å²) in [5, 5.41) is 3.63. The van der Waals surface area contributed by atoms with Crippen LogP contribution in [0.25, 0.3) is 0 Å². The van der Waals surface area contributed by atoms with Crippen LogP contribution in [0.4, 0.5) is 5.69 Å². The van der Waals surface area contributed by atoms with Crippen molar-refractivity contribution in [2.45, 2.75) is 45.6 Å². The van der Waals surface area contributed by atoms with Crippen molar-refractivity contribution < 1.29 is 0 Å². The molecule has 1 atom stereocenters. The molecular weight excluding hydrogens is 322 g/mol. The molecule has 2 heteroatoms. The Balaban J connectivity index is 1.82. The van der Waals surface area contributed by atoms with Gasteiger partial charge in [0, 0.05) is 16.2 Å². The van der Waals surface area contributed by atoms with E-state index in [9.17, 15) is 0 Å². The first-order valence-corrected chi connectivity index (χ1v) is 8.58. The quantitative estimate of drug-likeness (QED) is 0.741. The third kappa shape index (κ3) is 3.16. The Kier molecular flexibility index (Phi) is 4.34. The number of nitrogens with one attached hydrogen (secondary N) is 1. The van der Waals surface area contributed by atoms with E-state index in [1.54, 1.807) is 11.1 Å². The van der Waals surface area contributed by atoms with Crippen molar-refractivity contribution in [3.63, 3.8) is 0 Å². The molecule has 2 aromatic rings. The number of fused-ring (bicyclic) bond motifs is 1. The van der Waals surface area contributed by atoms with E-state index in [2.05, 4.69) is 71.5 Å². The van der Waals surface area contributed by atoms with Crippen molar-refractivity contribution >= 4 is 21.6 Å². The number of benzene rings is 2. The van der Waals surface area contributed by atoms with E-state index in [4.69, 9.17) is 0 Å². The molecule has 0 saturated carbocycles. The average molecular weight is 344 g/mol. The Morgan fingerprint density at radius 2 is 1.81 bits per heavy atom. The molecule has 0 bridgehead atoms. The van der Waals surface area contributed by atoms with Gasteiger partial charge in [-0.3, -0.25) is 0 Å². The van der Waals surface area contributed by atoms with Gasteiger partial charge >= 0.3 is 0 Å². The Hall–Kier alpha value is -1.28. The molecule has 1 aliphatic carbocycles. The van der Waals surface area contributed by atoms with Crippen molar-refractivity contribution in [2.75, 3.05) is 5.32 Å². The SMILES string of the molecule is Cc1cccc(NC(C)c2ccc3c(c2)CCCC3)c1Br. The zero-order chi connectivity index (χ0) is 14.8. The molecule has 1 N–H and O–H groups in total. The van der Waals surface area contributed by atoms with Gasteiger partial charge in [0.05, 0.1) is 0 Å². The molecule has 0 fully saturated rings. The zero-order valence-electron chi connectivity index (χ0n) is 12.7. The minimum Gasteiger partial charge on any atom is -0.378 e. The maximum Gasteiger partial charge on any atom is 0.0492 e. The van der Waals surface area contributed by atoms with Crippen LogP contribution in [0.5, 0.6) is 0 Å². The lowest BCUT2D eigenvalue weighted by Gasteiger charge is -2.21. The van der Waals surface area contributed by atoms with Gasteiger partial charge in [0.15, 0.2) is 0 Å². The van der Waals surface area contributed by atoms with Crippen LogP contribution in [0.2, 0.25) is 0 Å². The highest BCUT2D eigenvalue weighted by Crippen LogP contribution is 2.30. The normalized spacial score (nSPS) is 15.4. The molecule has 0 heterocycles. The van der Waals surface area contributed by atoms with Crippen LogP contribution < -0.4 is 5.32 Å². The first-order chi connectivity index (χ1) is 10.1. The lowest BCUT2D eigenvalue weighted by molar-refractivity contribution is 0.683. The highest BCUT2D eigenvalue weighted by molar-refractivity contribution is 9.10. The van der Waals surface area contributed by atoms with Crippen molar-refractivity contribution in [3.05, 3.63) is 63.1 Å². The van der Waals surface area contributed by atoms with Crippen LogP contribution in [0, 0.1) is 6.92 Å². The van der Waals surface area contributed by atoms with Gasteiger partial charge in [-0.05, 0) is 83.8 Å². The van der Waals surface area contributed by atoms with Gasteiger partial charge < -0.3 is 5.32 Å². The van der Waals surface area contributed by atoms with Crippen LogP contribution >= 0.6 is 15.9 Å². The van der Waals surface area contributed by atoms with E-state index >= 15 is 0 Å². The number of hydrogen-bond donors (Lipinski definition) is 1. The third-order valence-corrected chi connectivity index (χ3v) is 5.49. The molecule has 1 nitrogen and oxygen atoms in total. The largest absolute Gasteiger partial charge is 0.378 e. The van der Waals surface area contributed by atoms with Gasteiger partial charge in [0.1, 0.15) is 0 Å². The maximum atomic E-state index is 3.68. The fourth-order valence-electron chi connectivity index (χ4n) is 3.10. The van der Waals surface area contributed by atoms with Crippen LogP contribution in [0.3, 0.4) is 0 Å². The first kappa shape index (κ1) is 14.6. The Bertz CT molecular complexity index is 648. The van der Waals surface area contributed by atoms with E-state index in [1.165, 1.54) is 42.5 Å². The average Bonchev–Trinajstić information content (AvgIpc) is 2.51.